The van der Waals surface area contributed by atoms with Crippen LogP contribution in [0.2, 0.25) is 0 Å². The number of rotatable bonds is 15. The zero-order valence-corrected chi connectivity index (χ0v) is 43.7. The lowest BCUT2D eigenvalue weighted by Gasteiger charge is -2.58. The Bertz CT molecular complexity index is 1930. The standard InChI is InChI=1S/C52H86O22/c1-22-33-30(74-52(22,65-7)15-14-49(3,4)21-67-46-40(62)38(60)36(58)31(18-53)70-46)17-28-26-9-8-24-16-25(10-12-50(24,5)27(26)11-13-51(28,33)6)69-48-44(73-47-41(63)37(59)34(56)23(2)68-47)42(64)43(32(19-54)71-48)72-45-39(61)35(57)29(55)20-66-45/h8,22-23,25-48,53-64H,9-21H2,1-7H3/t22-,23-,25-,26+,27-,28-,29-,30-,31+,32+,33-,34-,35-,36+,37+,38-,39+,40+,41+,42-,43+,44+,45+,46+,47+,48+,50-,51-,52+/m0/s1. The van der Waals surface area contributed by atoms with Gasteiger partial charge in [0.25, 0.3) is 0 Å². The molecule has 9 rings (SSSR count). The van der Waals surface area contributed by atoms with E-state index in [1.807, 2.05) is 13.8 Å². The molecule has 5 aliphatic heterocycles. The van der Waals surface area contributed by atoms with Gasteiger partial charge < -0.3 is 109 Å². The Kier molecular flexibility index (Phi) is 17.2. The molecule has 0 radical (unpaired) electrons. The summed E-state index contributed by atoms with van der Waals surface area (Å²) in [5.74, 6) is 0.820. The third-order valence-corrected chi connectivity index (χ3v) is 19.7. The van der Waals surface area contributed by atoms with Crippen molar-refractivity contribution in [2.75, 3.05) is 33.5 Å². The minimum Gasteiger partial charge on any atom is -0.394 e. The summed E-state index contributed by atoms with van der Waals surface area (Å²) in [7, 11) is 1.72. The lowest BCUT2D eigenvalue weighted by Crippen LogP contribution is -2.66. The smallest absolute Gasteiger partial charge is 0.187 e. The largest absolute Gasteiger partial charge is 0.394 e. The number of aliphatic hydroxyl groups excluding tert-OH is 12. The van der Waals surface area contributed by atoms with Gasteiger partial charge in [0.05, 0.1) is 44.7 Å². The van der Waals surface area contributed by atoms with E-state index in [2.05, 4.69) is 26.8 Å². The van der Waals surface area contributed by atoms with Crippen molar-refractivity contribution in [1.82, 2.24) is 0 Å². The zero-order chi connectivity index (χ0) is 53.6. The molecule has 9 aliphatic rings. The number of hydrogen-bond donors (Lipinski definition) is 12. The molecule has 5 saturated heterocycles. The first-order valence-corrected chi connectivity index (χ1v) is 27.0. The van der Waals surface area contributed by atoms with Crippen LogP contribution in [0.25, 0.3) is 0 Å². The Labute approximate surface area is 432 Å². The van der Waals surface area contributed by atoms with Crippen molar-refractivity contribution in [2.45, 2.75) is 234 Å². The van der Waals surface area contributed by atoms with Gasteiger partial charge in [-0.05, 0) is 98.2 Å². The molecule has 0 amide bonds. The van der Waals surface area contributed by atoms with Crippen LogP contribution in [0.5, 0.6) is 0 Å². The highest BCUT2D eigenvalue weighted by molar-refractivity contribution is 5.26. The first-order chi connectivity index (χ1) is 34.9. The van der Waals surface area contributed by atoms with Gasteiger partial charge in [-0.2, -0.15) is 0 Å². The van der Waals surface area contributed by atoms with E-state index in [4.69, 9.17) is 47.4 Å². The molecule has 22 nitrogen and oxygen atoms in total. The quantitative estimate of drug-likeness (QED) is 0.0846. The predicted molar refractivity (Wildman–Crippen MR) is 254 cm³/mol. The molecule has 0 bridgehead atoms. The number of fused-ring (bicyclic) bond motifs is 7. The number of methoxy groups -OCH3 is 1. The molecule has 0 aromatic rings. The second kappa shape index (κ2) is 22.1. The SMILES string of the molecule is CO[C@]1(CCC(C)(C)CO[C@@H]2O[C@H](CO)[C@@H](O)[C@H](O)[C@H]2O)O[C@H]2C[C@H]3[C@@H]4CC=C5C[C@@H](O[C@@H]6O[C@H](CO)[C@@H](O[C@H]7OC[C@H](O)[C@H](O)[C@H]7O)[C@H](O)[C@H]6O[C@H]6O[C@@H](C)[C@H](O)[C@@H](O)[C@H]6O)CC[C@]5(C)[C@H]4CC[C@]3(C)[C@H]2[C@@H]1C. The van der Waals surface area contributed by atoms with Crippen molar-refractivity contribution in [2.24, 2.45) is 45.8 Å². The van der Waals surface area contributed by atoms with E-state index in [1.165, 1.54) is 12.5 Å². The van der Waals surface area contributed by atoms with Crippen molar-refractivity contribution in [1.29, 1.82) is 0 Å². The summed E-state index contributed by atoms with van der Waals surface area (Å²) in [6.45, 7) is 11.3. The van der Waals surface area contributed by atoms with Gasteiger partial charge in [0.2, 0.25) is 0 Å². The van der Waals surface area contributed by atoms with Gasteiger partial charge in [0, 0.05) is 19.4 Å². The Morgan fingerprint density at radius 2 is 1.35 bits per heavy atom. The van der Waals surface area contributed by atoms with Crippen molar-refractivity contribution in [3.63, 3.8) is 0 Å². The van der Waals surface area contributed by atoms with E-state index in [-0.39, 0.29) is 42.0 Å². The van der Waals surface area contributed by atoms with Crippen LogP contribution in [0.15, 0.2) is 11.6 Å². The fourth-order valence-corrected chi connectivity index (χ4v) is 15.1. The first kappa shape index (κ1) is 57.5. The molecule has 0 unspecified atom stereocenters. The maximum atomic E-state index is 12.0. The van der Waals surface area contributed by atoms with E-state index in [0.717, 1.165) is 32.1 Å². The predicted octanol–water partition coefficient (Wildman–Crippen LogP) is -1.32. The fraction of sp³-hybridized carbons (Fsp3) is 0.962. The molecule has 5 heterocycles. The van der Waals surface area contributed by atoms with Gasteiger partial charge in [-0.25, -0.2) is 0 Å². The number of aliphatic hydroxyl groups is 12. The highest BCUT2D eigenvalue weighted by atomic mass is 16.8. The molecule has 3 saturated carbocycles. The van der Waals surface area contributed by atoms with E-state index in [1.54, 1.807) is 7.11 Å². The van der Waals surface area contributed by atoms with Crippen molar-refractivity contribution in [3.8, 4) is 0 Å². The Hall–Kier alpha value is -1.14. The van der Waals surface area contributed by atoms with Gasteiger partial charge in [-0.3, -0.25) is 0 Å². The maximum absolute atomic E-state index is 12.0. The van der Waals surface area contributed by atoms with Gasteiger partial charge in [-0.15, -0.1) is 0 Å². The van der Waals surface area contributed by atoms with Crippen molar-refractivity contribution >= 4 is 0 Å². The van der Waals surface area contributed by atoms with Crippen LogP contribution in [-0.4, -0.2) is 230 Å². The second-order valence-corrected chi connectivity index (χ2v) is 24.5. The van der Waals surface area contributed by atoms with Gasteiger partial charge >= 0.3 is 0 Å². The molecule has 426 valence electrons. The Balaban J connectivity index is 0.857. The molecule has 29 atom stereocenters. The lowest BCUT2D eigenvalue weighted by atomic mass is 9.47. The maximum Gasteiger partial charge on any atom is 0.187 e. The Morgan fingerprint density at radius 1 is 0.689 bits per heavy atom. The fourth-order valence-electron chi connectivity index (χ4n) is 15.1. The van der Waals surface area contributed by atoms with Gasteiger partial charge in [0.1, 0.15) is 85.5 Å². The van der Waals surface area contributed by atoms with Crippen LogP contribution in [0.4, 0.5) is 0 Å². The molecule has 12 N–H and O–H groups in total. The summed E-state index contributed by atoms with van der Waals surface area (Å²) < 4.78 is 61.4. The van der Waals surface area contributed by atoms with Crippen molar-refractivity contribution in [3.05, 3.63) is 11.6 Å². The molecule has 22 heteroatoms. The third-order valence-electron chi connectivity index (χ3n) is 19.7. The number of hydrogen-bond acceptors (Lipinski definition) is 22. The van der Waals surface area contributed by atoms with Crippen LogP contribution >= 0.6 is 0 Å². The summed E-state index contributed by atoms with van der Waals surface area (Å²) >= 11 is 0. The summed E-state index contributed by atoms with van der Waals surface area (Å²) in [5.41, 5.74) is 0.762. The van der Waals surface area contributed by atoms with Crippen LogP contribution < -0.4 is 0 Å². The highest BCUT2D eigenvalue weighted by Gasteiger charge is 2.68. The average molecular weight is 1060 g/mol. The highest BCUT2D eigenvalue weighted by Crippen LogP contribution is 2.70. The molecule has 0 aromatic carbocycles. The number of allylic oxidation sites excluding steroid dienone is 1. The molecule has 74 heavy (non-hydrogen) atoms. The monoisotopic (exact) mass is 1060 g/mol. The summed E-state index contributed by atoms with van der Waals surface area (Å²) in [6, 6.07) is 0. The molecule has 0 aromatic heterocycles. The van der Waals surface area contributed by atoms with Gasteiger partial charge in [-0.1, -0.05) is 46.3 Å². The van der Waals surface area contributed by atoms with Gasteiger partial charge in [0.15, 0.2) is 30.9 Å². The summed E-state index contributed by atoms with van der Waals surface area (Å²) in [4.78, 5) is 0. The zero-order valence-electron chi connectivity index (χ0n) is 43.7. The lowest BCUT2D eigenvalue weighted by molar-refractivity contribution is -0.385. The summed E-state index contributed by atoms with van der Waals surface area (Å²) in [6.07, 6.45) is -18.5. The van der Waals surface area contributed by atoms with E-state index < -0.39 is 147 Å². The van der Waals surface area contributed by atoms with E-state index >= 15 is 0 Å². The average Bonchev–Trinajstić information content (AvgIpc) is 3.84. The molecular formula is C52H86O22. The normalized spacial score (nSPS) is 53.7. The molecular weight excluding hydrogens is 977 g/mol. The van der Waals surface area contributed by atoms with Crippen LogP contribution in [0.1, 0.15) is 99.3 Å². The topological polar surface area (TPSA) is 335 Å². The third kappa shape index (κ3) is 10.2. The molecule has 4 aliphatic carbocycles. The van der Waals surface area contributed by atoms with Crippen LogP contribution in [0.3, 0.4) is 0 Å². The van der Waals surface area contributed by atoms with Crippen LogP contribution in [0, 0.1) is 45.8 Å². The van der Waals surface area contributed by atoms with Crippen molar-refractivity contribution < 1.29 is 109 Å². The minimum atomic E-state index is -1.74. The summed E-state index contributed by atoms with van der Waals surface area (Å²) in [5, 5.41) is 126. The molecule has 0 spiro atoms. The number of ether oxygens (including phenoxy) is 10. The van der Waals surface area contributed by atoms with Crippen LogP contribution in [-0.2, 0) is 47.4 Å². The minimum absolute atomic E-state index is 0.0120. The van der Waals surface area contributed by atoms with E-state index in [0.29, 0.717) is 43.4 Å². The second-order valence-electron chi connectivity index (χ2n) is 24.5. The Morgan fingerprint density at radius 3 is 2.05 bits per heavy atom. The van der Waals surface area contributed by atoms with E-state index in [9.17, 15) is 61.3 Å². The first-order valence-electron chi connectivity index (χ1n) is 27.0. The molecule has 8 fully saturated rings.